The van der Waals surface area contributed by atoms with Crippen LogP contribution in [0.4, 0.5) is 22.0 Å². The lowest BCUT2D eigenvalue weighted by atomic mass is 9.95. The van der Waals surface area contributed by atoms with Crippen LogP contribution in [0.25, 0.3) is 0 Å². The zero-order valence-corrected chi connectivity index (χ0v) is 8.98. The van der Waals surface area contributed by atoms with Gasteiger partial charge in [-0.1, -0.05) is 0 Å². The van der Waals surface area contributed by atoms with E-state index in [1.165, 1.54) is 6.07 Å². The van der Waals surface area contributed by atoms with Crippen LogP contribution in [0.2, 0.25) is 0 Å². The molecule has 0 heterocycles. The van der Waals surface area contributed by atoms with Crippen LogP contribution in [0, 0.1) is 11.3 Å². The maximum absolute atomic E-state index is 12.7. The summed E-state index contributed by atoms with van der Waals surface area (Å²) in [6.07, 6.45) is -8.50. The Bertz CT molecular complexity index is 527. The van der Waals surface area contributed by atoms with E-state index >= 15 is 0 Å². The van der Waals surface area contributed by atoms with Gasteiger partial charge in [-0.05, 0) is 19.1 Å². The number of nitrogens with zero attached hydrogens (tertiary/aromatic N) is 1. The van der Waals surface area contributed by atoms with Crippen LogP contribution in [0.15, 0.2) is 12.1 Å². The highest BCUT2D eigenvalue weighted by atomic mass is 19.4. The largest absolute Gasteiger partial charge is 0.416 e. The Morgan fingerprint density at radius 2 is 1.89 bits per heavy atom. The number of benzene rings is 1. The molecule has 0 aliphatic heterocycles. The number of ketones is 1. The van der Waals surface area contributed by atoms with Crippen molar-refractivity contribution in [2.45, 2.75) is 19.5 Å². The van der Waals surface area contributed by atoms with Gasteiger partial charge in [-0.3, -0.25) is 4.79 Å². The van der Waals surface area contributed by atoms with Crippen LogP contribution in [0.5, 0.6) is 0 Å². The molecular weight excluding hydrogens is 257 g/mol. The van der Waals surface area contributed by atoms with Gasteiger partial charge >= 0.3 is 6.18 Å². The fraction of sp³-hybridized carbons (Fsp3) is 0.273. The summed E-state index contributed by atoms with van der Waals surface area (Å²) < 4.78 is 63.2. The number of hydrogen-bond donors (Lipinski definition) is 0. The van der Waals surface area contributed by atoms with E-state index < -0.39 is 40.6 Å². The van der Waals surface area contributed by atoms with Crippen LogP contribution < -0.4 is 0 Å². The zero-order valence-electron chi connectivity index (χ0n) is 8.98. The lowest BCUT2D eigenvalue weighted by Crippen LogP contribution is -2.14. The van der Waals surface area contributed by atoms with E-state index in [0.29, 0.717) is 6.07 Å². The summed E-state index contributed by atoms with van der Waals surface area (Å²) in [5.41, 5.74) is -4.30. The number of alkyl halides is 5. The van der Waals surface area contributed by atoms with Gasteiger partial charge in [0.2, 0.25) is 0 Å². The molecule has 0 fully saturated rings. The summed E-state index contributed by atoms with van der Waals surface area (Å²) in [4.78, 5) is 11.1. The van der Waals surface area contributed by atoms with Gasteiger partial charge in [0, 0.05) is 11.1 Å². The molecule has 0 radical (unpaired) electrons. The molecular formula is C11H6F5NO. The van der Waals surface area contributed by atoms with Gasteiger partial charge < -0.3 is 0 Å². The molecule has 0 amide bonds. The SMILES string of the molecule is CC(=O)c1cc(C#N)cc(C(F)(F)F)c1C(F)F. The van der Waals surface area contributed by atoms with Crippen molar-refractivity contribution in [3.05, 3.63) is 34.4 Å². The average Bonchev–Trinajstić information content (AvgIpc) is 2.25. The second-order valence-electron chi connectivity index (χ2n) is 3.45. The third-order valence-corrected chi connectivity index (χ3v) is 2.21. The van der Waals surface area contributed by atoms with Gasteiger partial charge in [0.15, 0.2) is 5.78 Å². The van der Waals surface area contributed by atoms with Gasteiger partial charge in [-0.2, -0.15) is 18.4 Å². The molecule has 7 heteroatoms. The Morgan fingerprint density at radius 1 is 1.33 bits per heavy atom. The maximum Gasteiger partial charge on any atom is 0.416 e. The molecule has 1 aromatic carbocycles. The summed E-state index contributed by atoms with van der Waals surface area (Å²) in [6, 6.07) is 2.45. The van der Waals surface area contributed by atoms with Crippen molar-refractivity contribution in [1.29, 1.82) is 5.26 Å². The minimum Gasteiger partial charge on any atom is -0.294 e. The Balaban J connectivity index is 3.73. The summed E-state index contributed by atoms with van der Waals surface area (Å²) in [6.45, 7) is 0.864. The van der Waals surface area contributed by atoms with Crippen molar-refractivity contribution in [3.8, 4) is 6.07 Å². The van der Waals surface area contributed by atoms with E-state index in [4.69, 9.17) is 5.26 Å². The molecule has 1 aromatic rings. The van der Waals surface area contributed by atoms with Gasteiger partial charge in [0.05, 0.1) is 17.2 Å². The molecule has 0 saturated carbocycles. The number of nitriles is 1. The molecule has 0 aromatic heterocycles. The van der Waals surface area contributed by atoms with E-state index in [0.717, 1.165) is 13.0 Å². The molecule has 2 nitrogen and oxygen atoms in total. The molecule has 0 unspecified atom stereocenters. The van der Waals surface area contributed by atoms with Gasteiger partial charge in [-0.15, -0.1) is 0 Å². The quantitative estimate of drug-likeness (QED) is 0.602. The van der Waals surface area contributed by atoms with Crippen molar-refractivity contribution in [1.82, 2.24) is 0 Å². The number of hydrogen-bond acceptors (Lipinski definition) is 2. The van der Waals surface area contributed by atoms with E-state index in [-0.39, 0.29) is 0 Å². The monoisotopic (exact) mass is 263 g/mol. The Morgan fingerprint density at radius 3 is 2.22 bits per heavy atom. The van der Waals surface area contributed by atoms with E-state index in [2.05, 4.69) is 0 Å². The standard InChI is InChI=1S/C11H6F5NO/c1-5(18)7-2-6(4-17)3-8(11(14,15)16)9(7)10(12)13/h2-3,10H,1H3. The third kappa shape index (κ3) is 2.64. The lowest BCUT2D eigenvalue weighted by molar-refractivity contribution is -0.139. The van der Waals surface area contributed by atoms with Crippen molar-refractivity contribution in [2.24, 2.45) is 0 Å². The maximum atomic E-state index is 12.7. The summed E-state index contributed by atoms with van der Waals surface area (Å²) in [5, 5.41) is 8.55. The van der Waals surface area contributed by atoms with Gasteiger partial charge in [0.1, 0.15) is 0 Å². The second kappa shape index (κ2) is 4.72. The molecule has 0 aliphatic rings. The first kappa shape index (κ1) is 14.1. The Labute approximate surface area is 98.6 Å². The first-order chi connectivity index (χ1) is 8.18. The first-order valence-electron chi connectivity index (χ1n) is 4.62. The molecule has 0 spiro atoms. The van der Waals surface area contributed by atoms with Crippen molar-refractivity contribution < 1.29 is 26.7 Å². The highest BCUT2D eigenvalue weighted by Gasteiger charge is 2.38. The molecule has 0 atom stereocenters. The fourth-order valence-corrected chi connectivity index (χ4v) is 1.48. The molecule has 1 rings (SSSR count). The summed E-state index contributed by atoms with van der Waals surface area (Å²) in [5.74, 6) is -0.951. The van der Waals surface area contributed by atoms with E-state index in [9.17, 15) is 26.7 Å². The van der Waals surface area contributed by atoms with E-state index in [1.54, 1.807) is 0 Å². The van der Waals surface area contributed by atoms with Crippen LogP contribution in [0.1, 0.15) is 40.4 Å². The molecule has 0 saturated heterocycles. The zero-order chi connectivity index (χ0) is 14.1. The molecule has 0 bridgehead atoms. The lowest BCUT2D eigenvalue weighted by Gasteiger charge is -2.15. The Hall–Kier alpha value is -1.97. The Kier molecular flexibility index (Phi) is 3.70. The molecule has 0 aliphatic carbocycles. The number of carbonyl (C=O) groups is 1. The minimum atomic E-state index is -5.05. The molecule has 0 N–H and O–H groups in total. The predicted molar refractivity (Wildman–Crippen MR) is 51.1 cm³/mol. The van der Waals surface area contributed by atoms with Crippen LogP contribution in [-0.4, -0.2) is 5.78 Å². The average molecular weight is 263 g/mol. The smallest absolute Gasteiger partial charge is 0.294 e. The third-order valence-electron chi connectivity index (χ3n) is 2.21. The van der Waals surface area contributed by atoms with Gasteiger partial charge in [-0.25, -0.2) is 8.78 Å². The van der Waals surface area contributed by atoms with E-state index in [1.807, 2.05) is 0 Å². The summed E-state index contributed by atoms with van der Waals surface area (Å²) in [7, 11) is 0. The summed E-state index contributed by atoms with van der Waals surface area (Å²) >= 11 is 0. The highest BCUT2D eigenvalue weighted by molar-refractivity contribution is 5.96. The number of rotatable bonds is 2. The minimum absolute atomic E-state index is 0.313. The molecule has 18 heavy (non-hydrogen) atoms. The number of Topliss-reactive ketones (excluding diaryl/α,β-unsaturated/α-hetero) is 1. The highest BCUT2D eigenvalue weighted by Crippen LogP contribution is 2.39. The first-order valence-corrected chi connectivity index (χ1v) is 4.62. The predicted octanol–water partition coefficient (Wildman–Crippen LogP) is 3.72. The molecule has 96 valence electrons. The van der Waals surface area contributed by atoms with Crippen molar-refractivity contribution in [3.63, 3.8) is 0 Å². The second-order valence-corrected chi connectivity index (χ2v) is 3.45. The van der Waals surface area contributed by atoms with Crippen molar-refractivity contribution >= 4 is 5.78 Å². The normalized spacial score (nSPS) is 11.4. The topological polar surface area (TPSA) is 40.9 Å². The number of halogens is 5. The number of carbonyl (C=O) groups excluding carboxylic acids is 1. The van der Waals surface area contributed by atoms with Crippen LogP contribution in [0.3, 0.4) is 0 Å². The van der Waals surface area contributed by atoms with Crippen molar-refractivity contribution in [2.75, 3.05) is 0 Å². The van der Waals surface area contributed by atoms with Crippen LogP contribution in [-0.2, 0) is 6.18 Å². The van der Waals surface area contributed by atoms with Crippen LogP contribution >= 0.6 is 0 Å². The fourth-order valence-electron chi connectivity index (χ4n) is 1.48. The van der Waals surface area contributed by atoms with Gasteiger partial charge in [0.25, 0.3) is 6.43 Å².